The molecule has 2 saturated heterocycles. The van der Waals surface area contributed by atoms with Gasteiger partial charge in [-0.05, 0) is 13.0 Å². The maximum absolute atomic E-state index is 11.4. The number of nitrogens with one attached hydrogen (secondary N) is 1. The molecule has 2 aliphatic rings. The van der Waals surface area contributed by atoms with Crippen LogP contribution in [0.5, 0.6) is 0 Å². The van der Waals surface area contributed by atoms with E-state index in [1.54, 1.807) is 0 Å². The van der Waals surface area contributed by atoms with Gasteiger partial charge in [-0.2, -0.15) is 0 Å². The predicted molar refractivity (Wildman–Crippen MR) is 53.5 cm³/mol. The number of amides is 1. The summed E-state index contributed by atoms with van der Waals surface area (Å²) in [7, 11) is 0. The molecule has 2 heterocycles. The maximum Gasteiger partial charge on any atom is 0.237 e. The number of hydrogen-bond acceptors (Lipinski definition) is 3. The van der Waals surface area contributed by atoms with Crippen molar-refractivity contribution in [3.8, 4) is 0 Å². The Bertz CT molecular complexity index is 229. The Morgan fingerprint density at radius 1 is 1.64 bits per heavy atom. The largest absolute Gasteiger partial charge is 0.370 e. The molecule has 0 radical (unpaired) electrons. The predicted octanol–water partition coefficient (Wildman–Crippen LogP) is -0.184. The second-order valence-corrected chi connectivity index (χ2v) is 4.17. The first kappa shape index (κ1) is 10.2. The minimum absolute atomic E-state index is 0.0150. The molecule has 1 unspecified atom stereocenters. The Morgan fingerprint density at radius 3 is 3.14 bits per heavy atom. The van der Waals surface area contributed by atoms with Crippen molar-refractivity contribution in [3.05, 3.63) is 0 Å². The quantitative estimate of drug-likeness (QED) is 0.621. The van der Waals surface area contributed by atoms with Crippen molar-refractivity contribution in [2.24, 2.45) is 0 Å². The van der Waals surface area contributed by atoms with E-state index in [0.29, 0.717) is 19.7 Å². The highest BCUT2D eigenvalue weighted by Gasteiger charge is 2.40. The monoisotopic (exact) mass is 218 g/mol. The van der Waals surface area contributed by atoms with Gasteiger partial charge in [0.25, 0.3) is 0 Å². The first-order valence-electron chi connectivity index (χ1n) is 4.94. The fourth-order valence-electron chi connectivity index (χ4n) is 2.12. The normalized spacial score (nSPS) is 32.5. The van der Waals surface area contributed by atoms with Gasteiger partial charge < -0.3 is 15.0 Å². The van der Waals surface area contributed by atoms with Crippen molar-refractivity contribution < 1.29 is 9.53 Å². The summed E-state index contributed by atoms with van der Waals surface area (Å²) in [6.07, 6.45) is 0.985. The van der Waals surface area contributed by atoms with E-state index in [-0.39, 0.29) is 17.4 Å². The summed E-state index contributed by atoms with van der Waals surface area (Å²) in [4.78, 5) is 13.2. The summed E-state index contributed by atoms with van der Waals surface area (Å²) in [5.41, 5.74) is -0.139. The molecule has 5 heteroatoms. The van der Waals surface area contributed by atoms with Crippen LogP contribution in [0.3, 0.4) is 0 Å². The van der Waals surface area contributed by atoms with Crippen LogP contribution in [0.4, 0.5) is 0 Å². The molecule has 2 rings (SSSR count). The van der Waals surface area contributed by atoms with Crippen LogP contribution < -0.4 is 5.32 Å². The van der Waals surface area contributed by atoms with Gasteiger partial charge in [-0.3, -0.25) is 4.79 Å². The van der Waals surface area contributed by atoms with Gasteiger partial charge in [0.1, 0.15) is 5.88 Å². The standard InChI is InChI=1S/C9H15ClN2O2/c10-5-8(13)12-3-4-14-9(7-12)1-2-11-6-9/h11H,1-7H2. The minimum Gasteiger partial charge on any atom is -0.370 e. The summed E-state index contributed by atoms with van der Waals surface area (Å²) in [6.45, 7) is 3.81. The zero-order valence-electron chi connectivity index (χ0n) is 8.09. The average molecular weight is 219 g/mol. The number of nitrogens with zero attached hydrogens (tertiary/aromatic N) is 1. The van der Waals surface area contributed by atoms with Crippen LogP contribution in [0, 0.1) is 0 Å². The highest BCUT2D eigenvalue weighted by molar-refractivity contribution is 6.27. The third-order valence-electron chi connectivity index (χ3n) is 2.92. The van der Waals surface area contributed by atoms with Crippen LogP contribution in [-0.2, 0) is 9.53 Å². The van der Waals surface area contributed by atoms with Crippen LogP contribution in [0.15, 0.2) is 0 Å². The minimum atomic E-state index is -0.139. The summed E-state index contributed by atoms with van der Waals surface area (Å²) in [6, 6.07) is 0. The molecule has 4 nitrogen and oxygen atoms in total. The van der Waals surface area contributed by atoms with Crippen molar-refractivity contribution in [1.29, 1.82) is 0 Å². The lowest BCUT2D eigenvalue weighted by Gasteiger charge is -2.39. The number of morpholine rings is 1. The first-order chi connectivity index (χ1) is 6.76. The molecule has 0 aliphatic carbocycles. The van der Waals surface area contributed by atoms with Crippen LogP contribution in [0.1, 0.15) is 6.42 Å². The van der Waals surface area contributed by atoms with Gasteiger partial charge in [0.05, 0.1) is 18.8 Å². The average Bonchev–Trinajstić information content (AvgIpc) is 2.65. The number of alkyl halides is 1. The smallest absolute Gasteiger partial charge is 0.237 e. The third kappa shape index (κ3) is 1.87. The molecule has 2 aliphatic heterocycles. The second-order valence-electron chi connectivity index (χ2n) is 3.91. The number of hydrogen-bond donors (Lipinski definition) is 1. The molecule has 1 N–H and O–H groups in total. The van der Waals surface area contributed by atoms with Crippen LogP contribution >= 0.6 is 11.6 Å². The van der Waals surface area contributed by atoms with Crippen LogP contribution in [0.25, 0.3) is 0 Å². The van der Waals surface area contributed by atoms with Crippen LogP contribution in [-0.4, -0.2) is 55.1 Å². The van der Waals surface area contributed by atoms with Crippen molar-refractivity contribution in [2.75, 3.05) is 38.7 Å². The Kier molecular flexibility index (Phi) is 2.95. The maximum atomic E-state index is 11.4. The fourth-order valence-corrected chi connectivity index (χ4v) is 2.29. The molecule has 1 spiro atoms. The van der Waals surface area contributed by atoms with E-state index in [1.165, 1.54) is 0 Å². The lowest BCUT2D eigenvalue weighted by molar-refractivity contribution is -0.145. The van der Waals surface area contributed by atoms with E-state index < -0.39 is 0 Å². The number of rotatable bonds is 1. The molecule has 0 saturated carbocycles. The molecular formula is C9H15ClN2O2. The van der Waals surface area contributed by atoms with Crippen molar-refractivity contribution >= 4 is 17.5 Å². The Balaban J connectivity index is 1.99. The number of carbonyl (C=O) groups is 1. The molecule has 0 aromatic rings. The van der Waals surface area contributed by atoms with Gasteiger partial charge in [0.15, 0.2) is 0 Å². The molecule has 0 bridgehead atoms. The summed E-state index contributed by atoms with van der Waals surface area (Å²) in [5.74, 6) is 0.0880. The Morgan fingerprint density at radius 2 is 2.50 bits per heavy atom. The molecule has 80 valence electrons. The molecular weight excluding hydrogens is 204 g/mol. The van der Waals surface area contributed by atoms with Gasteiger partial charge in [-0.15, -0.1) is 11.6 Å². The first-order valence-corrected chi connectivity index (χ1v) is 5.48. The van der Waals surface area contributed by atoms with Gasteiger partial charge >= 0.3 is 0 Å². The van der Waals surface area contributed by atoms with Gasteiger partial charge in [-0.25, -0.2) is 0 Å². The second kappa shape index (κ2) is 4.04. The molecule has 0 aromatic heterocycles. The summed E-state index contributed by atoms with van der Waals surface area (Å²) < 4.78 is 5.75. The molecule has 1 atom stereocenters. The van der Waals surface area contributed by atoms with Gasteiger partial charge in [0.2, 0.25) is 5.91 Å². The van der Waals surface area contributed by atoms with E-state index in [4.69, 9.17) is 16.3 Å². The molecule has 2 fully saturated rings. The van der Waals surface area contributed by atoms with Crippen molar-refractivity contribution in [2.45, 2.75) is 12.0 Å². The number of carbonyl (C=O) groups excluding carboxylic acids is 1. The van der Waals surface area contributed by atoms with Crippen molar-refractivity contribution in [1.82, 2.24) is 10.2 Å². The van der Waals surface area contributed by atoms with Crippen LogP contribution in [0.2, 0.25) is 0 Å². The zero-order valence-corrected chi connectivity index (χ0v) is 8.85. The van der Waals surface area contributed by atoms with Crippen molar-refractivity contribution in [3.63, 3.8) is 0 Å². The number of ether oxygens (including phenoxy) is 1. The summed E-state index contributed by atoms with van der Waals surface area (Å²) in [5, 5.41) is 3.26. The van der Waals surface area contributed by atoms with Gasteiger partial charge in [0, 0.05) is 13.1 Å². The lowest BCUT2D eigenvalue weighted by Crippen LogP contribution is -2.55. The highest BCUT2D eigenvalue weighted by atomic mass is 35.5. The number of halogens is 1. The van der Waals surface area contributed by atoms with E-state index in [2.05, 4.69) is 5.32 Å². The highest BCUT2D eigenvalue weighted by Crippen LogP contribution is 2.24. The Hall–Kier alpha value is -0.320. The molecule has 1 amide bonds. The lowest BCUT2D eigenvalue weighted by atomic mass is 10.0. The Labute approximate surface area is 88.5 Å². The van der Waals surface area contributed by atoms with E-state index in [1.807, 2.05) is 4.90 Å². The summed E-state index contributed by atoms with van der Waals surface area (Å²) >= 11 is 5.53. The molecule has 14 heavy (non-hydrogen) atoms. The topological polar surface area (TPSA) is 41.6 Å². The fraction of sp³-hybridized carbons (Fsp3) is 0.889. The van der Waals surface area contributed by atoms with E-state index in [9.17, 15) is 4.79 Å². The SMILES string of the molecule is O=C(CCl)N1CCOC2(CCNC2)C1. The van der Waals surface area contributed by atoms with E-state index in [0.717, 1.165) is 19.5 Å². The molecule has 0 aromatic carbocycles. The zero-order chi connectivity index (χ0) is 10.0. The third-order valence-corrected chi connectivity index (χ3v) is 3.15. The van der Waals surface area contributed by atoms with E-state index >= 15 is 0 Å². The van der Waals surface area contributed by atoms with Gasteiger partial charge in [-0.1, -0.05) is 0 Å².